The van der Waals surface area contributed by atoms with Crippen molar-refractivity contribution in [1.82, 2.24) is 31.9 Å². The highest BCUT2D eigenvalue weighted by molar-refractivity contribution is 5.94. The summed E-state index contributed by atoms with van der Waals surface area (Å²) in [5, 5.41) is 40.2. The molecule has 0 aliphatic carbocycles. The number of hydrogen-bond donors (Lipinski definition) is 12. The highest BCUT2D eigenvalue weighted by atomic mass is 16.4. The Morgan fingerprint density at radius 3 is 1.72 bits per heavy atom. The number of amides is 6. The number of nitrogens with zero attached hydrogens (tertiary/aromatic N) is 1. The highest BCUT2D eigenvalue weighted by Gasteiger charge is 2.24. The maximum atomic E-state index is 12.3. The number of guanidine groups is 1. The number of carbonyl (C=O) groups is 8. The quantitative estimate of drug-likeness (QED) is 0.0343. The largest absolute Gasteiger partial charge is 0.481 e. The van der Waals surface area contributed by atoms with Crippen molar-refractivity contribution in [3.63, 3.8) is 0 Å². The molecule has 21 heteroatoms. The summed E-state index contributed by atoms with van der Waals surface area (Å²) in [6.07, 6.45) is -0.417. The Bertz CT molecular complexity index is 1060. The fourth-order valence-corrected chi connectivity index (χ4v) is 2.99. The van der Waals surface area contributed by atoms with Crippen LogP contribution in [0.3, 0.4) is 0 Å². The van der Waals surface area contributed by atoms with Crippen LogP contribution in [0.25, 0.3) is 0 Å². The van der Waals surface area contributed by atoms with Gasteiger partial charge >= 0.3 is 11.9 Å². The van der Waals surface area contributed by atoms with Crippen molar-refractivity contribution in [2.45, 2.75) is 50.4 Å². The van der Waals surface area contributed by atoms with E-state index in [9.17, 15) is 48.6 Å². The standard InChI is InChI=1S/C22H38N10O11/c1-10(30-14(34)6-28-19(40)11(23)5-17(37)38)18(39)27-7-16(36)32-13(9-33)20(41)29-8-15(35)31-12(21(42)43)3-2-4-26-22(24)25/h10-13,33H,2-9,23H2,1H3,(H,27,39)(H,28,40)(H,29,41)(H,30,34)(H,31,35)(H,32,36)(H,37,38)(H,42,43)(H4,24,25,26)/t10-,11-,12-,13-/m0/s1. The minimum absolute atomic E-state index is 0.00495. The van der Waals surface area contributed by atoms with E-state index in [1.165, 1.54) is 6.92 Å². The van der Waals surface area contributed by atoms with Crippen molar-refractivity contribution < 1.29 is 53.7 Å². The van der Waals surface area contributed by atoms with Gasteiger partial charge in [-0.3, -0.25) is 38.6 Å². The summed E-state index contributed by atoms with van der Waals surface area (Å²) in [5.41, 5.74) is 15.7. The van der Waals surface area contributed by atoms with Crippen molar-refractivity contribution in [1.29, 1.82) is 0 Å². The summed E-state index contributed by atoms with van der Waals surface area (Å²) in [4.78, 5) is 97.7. The summed E-state index contributed by atoms with van der Waals surface area (Å²) in [7, 11) is 0. The van der Waals surface area contributed by atoms with Crippen molar-refractivity contribution in [3.8, 4) is 0 Å². The van der Waals surface area contributed by atoms with E-state index in [4.69, 9.17) is 22.3 Å². The van der Waals surface area contributed by atoms with Gasteiger partial charge in [-0.25, -0.2) is 4.79 Å². The molecule has 43 heavy (non-hydrogen) atoms. The van der Waals surface area contributed by atoms with Gasteiger partial charge in [-0.05, 0) is 19.8 Å². The number of aliphatic carboxylic acids is 2. The van der Waals surface area contributed by atoms with E-state index < -0.39 is 104 Å². The van der Waals surface area contributed by atoms with Gasteiger partial charge in [0.2, 0.25) is 35.4 Å². The van der Waals surface area contributed by atoms with Gasteiger partial charge in [-0.1, -0.05) is 0 Å². The Balaban J connectivity index is 4.57. The first-order chi connectivity index (χ1) is 20.1. The lowest BCUT2D eigenvalue weighted by Gasteiger charge is -2.18. The van der Waals surface area contributed by atoms with Gasteiger partial charge in [0.25, 0.3) is 0 Å². The van der Waals surface area contributed by atoms with Crippen LogP contribution in [-0.4, -0.2) is 126 Å². The molecule has 0 fully saturated rings. The summed E-state index contributed by atoms with van der Waals surface area (Å²) >= 11 is 0. The topological polar surface area (TPSA) is 360 Å². The maximum absolute atomic E-state index is 12.3. The van der Waals surface area contributed by atoms with Crippen molar-refractivity contribution in [3.05, 3.63) is 0 Å². The predicted octanol–water partition coefficient (Wildman–Crippen LogP) is -7.26. The number of aliphatic hydroxyl groups is 1. The van der Waals surface area contributed by atoms with Crippen molar-refractivity contribution in [2.75, 3.05) is 32.8 Å². The number of aliphatic imine (C=N–C) groups is 1. The molecule has 0 unspecified atom stereocenters. The van der Waals surface area contributed by atoms with E-state index in [0.717, 1.165) is 0 Å². The lowest BCUT2D eigenvalue weighted by Crippen LogP contribution is -2.54. The minimum Gasteiger partial charge on any atom is -0.481 e. The van der Waals surface area contributed by atoms with E-state index >= 15 is 0 Å². The molecule has 0 aromatic heterocycles. The number of nitrogens with one attached hydrogen (secondary N) is 6. The molecule has 0 heterocycles. The molecule has 6 amide bonds. The molecule has 0 saturated carbocycles. The molecule has 0 spiro atoms. The summed E-state index contributed by atoms with van der Waals surface area (Å²) in [6, 6.07) is -5.38. The smallest absolute Gasteiger partial charge is 0.326 e. The summed E-state index contributed by atoms with van der Waals surface area (Å²) in [5.74, 6) is -8.12. The van der Waals surface area contributed by atoms with Crippen LogP contribution in [-0.2, 0) is 38.4 Å². The molecule has 0 aromatic carbocycles. The van der Waals surface area contributed by atoms with E-state index in [2.05, 4.69) is 36.9 Å². The second kappa shape index (κ2) is 19.9. The lowest BCUT2D eigenvalue weighted by atomic mass is 10.1. The Morgan fingerprint density at radius 1 is 0.744 bits per heavy atom. The number of carboxylic acids is 2. The van der Waals surface area contributed by atoms with Gasteiger partial charge in [-0.15, -0.1) is 0 Å². The monoisotopic (exact) mass is 618 g/mol. The number of aliphatic hydroxyl groups excluding tert-OH is 1. The number of nitrogens with two attached hydrogens (primary N) is 3. The molecule has 15 N–H and O–H groups in total. The maximum Gasteiger partial charge on any atom is 0.326 e. The van der Waals surface area contributed by atoms with Crippen LogP contribution >= 0.6 is 0 Å². The normalized spacial score (nSPS) is 13.1. The fourth-order valence-electron chi connectivity index (χ4n) is 2.99. The zero-order valence-electron chi connectivity index (χ0n) is 23.3. The minimum atomic E-state index is -1.53. The molecular formula is C22H38N10O11. The summed E-state index contributed by atoms with van der Waals surface area (Å²) < 4.78 is 0. The molecule has 0 aliphatic rings. The van der Waals surface area contributed by atoms with Crippen LogP contribution in [0.5, 0.6) is 0 Å². The number of carboxylic acid groups (broad SMARTS) is 2. The van der Waals surface area contributed by atoms with Crippen LogP contribution in [0.2, 0.25) is 0 Å². The Labute approximate surface area is 244 Å². The van der Waals surface area contributed by atoms with Gasteiger partial charge < -0.3 is 64.4 Å². The molecular weight excluding hydrogens is 580 g/mol. The molecule has 0 rings (SSSR count). The van der Waals surface area contributed by atoms with Crippen LogP contribution in [0.4, 0.5) is 0 Å². The van der Waals surface area contributed by atoms with Gasteiger partial charge in [0.1, 0.15) is 18.1 Å². The third-order valence-corrected chi connectivity index (χ3v) is 5.18. The van der Waals surface area contributed by atoms with Crippen molar-refractivity contribution in [2.24, 2.45) is 22.2 Å². The first kappa shape index (κ1) is 37.9. The van der Waals surface area contributed by atoms with Crippen molar-refractivity contribution >= 4 is 53.3 Å². The Kier molecular flexibility index (Phi) is 17.6. The first-order valence-electron chi connectivity index (χ1n) is 12.6. The Morgan fingerprint density at radius 2 is 1.23 bits per heavy atom. The molecule has 0 saturated heterocycles. The van der Waals surface area contributed by atoms with Gasteiger partial charge in [0.05, 0.1) is 38.7 Å². The second-order valence-electron chi connectivity index (χ2n) is 8.86. The third kappa shape index (κ3) is 17.4. The van der Waals surface area contributed by atoms with Crippen LogP contribution in [0, 0.1) is 0 Å². The first-order valence-corrected chi connectivity index (χ1v) is 12.6. The summed E-state index contributed by atoms with van der Waals surface area (Å²) in [6.45, 7) is -1.45. The molecule has 4 atom stereocenters. The van der Waals surface area contributed by atoms with Gasteiger partial charge in [-0.2, -0.15) is 0 Å². The molecule has 21 nitrogen and oxygen atoms in total. The van der Waals surface area contributed by atoms with E-state index in [-0.39, 0.29) is 25.3 Å². The lowest BCUT2D eigenvalue weighted by molar-refractivity contribution is -0.142. The van der Waals surface area contributed by atoms with E-state index in [0.29, 0.717) is 0 Å². The highest BCUT2D eigenvalue weighted by Crippen LogP contribution is 1.98. The number of hydrogen-bond acceptors (Lipinski definition) is 11. The third-order valence-electron chi connectivity index (χ3n) is 5.18. The zero-order valence-corrected chi connectivity index (χ0v) is 23.3. The SMILES string of the molecule is C[C@H](NC(=O)CNC(=O)[C@@H](N)CC(=O)O)C(=O)NCC(=O)N[C@@H](CO)C(=O)NCC(=O)N[C@@H](CCCN=C(N)N)C(=O)O. The van der Waals surface area contributed by atoms with Gasteiger partial charge in [0.15, 0.2) is 5.96 Å². The van der Waals surface area contributed by atoms with Crippen LogP contribution < -0.4 is 49.1 Å². The van der Waals surface area contributed by atoms with Crippen LogP contribution in [0.1, 0.15) is 26.2 Å². The fraction of sp³-hybridized carbons (Fsp3) is 0.591. The molecule has 242 valence electrons. The second-order valence-corrected chi connectivity index (χ2v) is 8.86. The molecule has 0 bridgehead atoms. The number of carbonyl (C=O) groups excluding carboxylic acids is 6. The van der Waals surface area contributed by atoms with Crippen LogP contribution in [0.15, 0.2) is 4.99 Å². The average Bonchev–Trinajstić information content (AvgIpc) is 2.92. The van der Waals surface area contributed by atoms with E-state index in [1.54, 1.807) is 0 Å². The average molecular weight is 619 g/mol. The predicted molar refractivity (Wildman–Crippen MR) is 145 cm³/mol. The zero-order chi connectivity index (χ0) is 33.1. The Hall–Kier alpha value is -5.05. The van der Waals surface area contributed by atoms with Gasteiger partial charge in [0, 0.05) is 6.54 Å². The molecule has 0 aromatic rings. The van der Waals surface area contributed by atoms with E-state index in [1.807, 2.05) is 0 Å². The molecule has 0 radical (unpaired) electrons. The molecule has 0 aliphatic heterocycles. The number of rotatable bonds is 20.